The number of ether oxygens (including phenoxy) is 1. The van der Waals surface area contributed by atoms with E-state index in [1.807, 2.05) is 0 Å². The Bertz CT molecular complexity index is 1060. The second kappa shape index (κ2) is 8.17. The smallest absolute Gasteiger partial charge is 0.416 e. The van der Waals surface area contributed by atoms with Crippen LogP contribution < -0.4 is 9.46 Å². The molecule has 0 atom stereocenters. The van der Waals surface area contributed by atoms with Gasteiger partial charge in [-0.25, -0.2) is 13.2 Å². The number of alkyl halides is 3. The molecule has 1 aliphatic carbocycles. The van der Waals surface area contributed by atoms with Crippen LogP contribution in [0.25, 0.3) is 0 Å². The van der Waals surface area contributed by atoms with Crippen LogP contribution in [-0.4, -0.2) is 25.6 Å². The number of benzene rings is 2. The maximum absolute atomic E-state index is 13.2. The Morgan fingerprint density at radius 2 is 1.90 bits per heavy atom. The first kappa shape index (κ1) is 21.9. The summed E-state index contributed by atoms with van der Waals surface area (Å²) in [4.78, 5) is 10.9. The highest BCUT2D eigenvalue weighted by Gasteiger charge is 2.33. The van der Waals surface area contributed by atoms with Crippen LogP contribution in [0.3, 0.4) is 0 Å². The molecular weight excluding hydrogens is 423 g/mol. The van der Waals surface area contributed by atoms with E-state index >= 15 is 0 Å². The molecular formula is C20H20F3NO5S. The number of carbonyl (C=O) groups is 1. The van der Waals surface area contributed by atoms with Crippen molar-refractivity contribution in [2.24, 2.45) is 0 Å². The third-order valence-electron chi connectivity index (χ3n) is 4.88. The lowest BCUT2D eigenvalue weighted by atomic mass is 9.96. The average Bonchev–Trinajstić information content (AvgIpc) is 2.63. The second-order valence-corrected chi connectivity index (χ2v) is 8.62. The summed E-state index contributed by atoms with van der Waals surface area (Å²) >= 11 is 0. The van der Waals surface area contributed by atoms with Crippen molar-refractivity contribution in [3.8, 4) is 5.75 Å². The zero-order valence-corrected chi connectivity index (χ0v) is 16.8. The fourth-order valence-electron chi connectivity index (χ4n) is 2.99. The van der Waals surface area contributed by atoms with Crippen LogP contribution >= 0.6 is 0 Å². The van der Waals surface area contributed by atoms with Crippen molar-refractivity contribution in [2.45, 2.75) is 49.8 Å². The number of nitrogens with one attached hydrogen (secondary N) is 1. The standard InChI is InChI=1S/C20H20F3NO5S/c1-2-12-6-7-13(19(25)26)10-18(12)30(27,28)24-16-11-14(20(21,22)23)8-9-17(16)29-15-4-3-5-15/h6-11,15,24H,2-5H2,1H3,(H,25,26). The molecule has 2 aromatic carbocycles. The molecule has 0 saturated heterocycles. The van der Waals surface area contributed by atoms with E-state index in [1.165, 1.54) is 12.1 Å². The molecule has 0 unspecified atom stereocenters. The molecule has 0 heterocycles. The van der Waals surface area contributed by atoms with Gasteiger partial charge in [0, 0.05) is 0 Å². The Labute approximate surface area is 171 Å². The van der Waals surface area contributed by atoms with Crippen molar-refractivity contribution in [1.82, 2.24) is 0 Å². The molecule has 2 N–H and O–H groups in total. The maximum atomic E-state index is 13.2. The van der Waals surface area contributed by atoms with E-state index in [0.717, 1.165) is 37.5 Å². The van der Waals surface area contributed by atoms with Crippen LogP contribution in [0.15, 0.2) is 41.3 Å². The van der Waals surface area contributed by atoms with Crippen molar-refractivity contribution in [2.75, 3.05) is 4.72 Å². The van der Waals surface area contributed by atoms with E-state index in [4.69, 9.17) is 4.74 Å². The van der Waals surface area contributed by atoms with Crippen molar-refractivity contribution < 1.29 is 36.2 Å². The van der Waals surface area contributed by atoms with Crippen LogP contribution in [0.4, 0.5) is 18.9 Å². The van der Waals surface area contributed by atoms with Crippen LogP contribution in [0.1, 0.15) is 47.7 Å². The molecule has 0 aliphatic heterocycles. The molecule has 2 aromatic rings. The van der Waals surface area contributed by atoms with E-state index in [-0.39, 0.29) is 34.4 Å². The largest absolute Gasteiger partial charge is 0.488 e. The molecule has 1 saturated carbocycles. The first-order chi connectivity index (χ1) is 14.0. The number of hydrogen-bond donors (Lipinski definition) is 2. The molecule has 0 radical (unpaired) electrons. The minimum absolute atomic E-state index is 0.0105. The Hall–Kier alpha value is -2.75. The number of aromatic carboxylic acids is 1. The Morgan fingerprint density at radius 1 is 1.20 bits per heavy atom. The van der Waals surface area contributed by atoms with Crippen molar-refractivity contribution in [1.29, 1.82) is 0 Å². The maximum Gasteiger partial charge on any atom is 0.416 e. The third-order valence-corrected chi connectivity index (χ3v) is 6.33. The predicted octanol–water partition coefficient (Wildman–Crippen LogP) is 4.70. The fraction of sp³-hybridized carbons (Fsp3) is 0.350. The van der Waals surface area contributed by atoms with Gasteiger partial charge in [0.15, 0.2) is 0 Å². The number of rotatable bonds is 7. The molecule has 30 heavy (non-hydrogen) atoms. The van der Waals surface area contributed by atoms with Gasteiger partial charge in [-0.3, -0.25) is 4.72 Å². The summed E-state index contributed by atoms with van der Waals surface area (Å²) < 4.78 is 73.3. The van der Waals surface area contributed by atoms with Crippen LogP contribution in [0.5, 0.6) is 5.75 Å². The van der Waals surface area contributed by atoms with E-state index in [0.29, 0.717) is 11.6 Å². The van der Waals surface area contributed by atoms with Crippen LogP contribution in [-0.2, 0) is 22.6 Å². The third kappa shape index (κ3) is 4.69. The van der Waals surface area contributed by atoms with Gasteiger partial charge in [0.2, 0.25) is 0 Å². The highest BCUT2D eigenvalue weighted by atomic mass is 32.2. The topological polar surface area (TPSA) is 92.7 Å². The summed E-state index contributed by atoms with van der Waals surface area (Å²) in [5.74, 6) is -1.33. The Kier molecular flexibility index (Phi) is 5.98. The van der Waals surface area contributed by atoms with Crippen LogP contribution in [0.2, 0.25) is 0 Å². The summed E-state index contributed by atoms with van der Waals surface area (Å²) in [5, 5.41) is 9.17. The number of sulfonamides is 1. The molecule has 3 rings (SSSR count). The summed E-state index contributed by atoms with van der Waals surface area (Å²) in [6.07, 6.45) is -2.20. The summed E-state index contributed by atoms with van der Waals surface area (Å²) in [7, 11) is -4.38. The first-order valence-electron chi connectivity index (χ1n) is 9.28. The molecule has 162 valence electrons. The van der Waals surface area contributed by atoms with Crippen molar-refractivity contribution >= 4 is 21.7 Å². The summed E-state index contributed by atoms with van der Waals surface area (Å²) in [5.41, 5.74) is -1.29. The van der Waals surface area contributed by atoms with Crippen molar-refractivity contribution in [3.63, 3.8) is 0 Å². The monoisotopic (exact) mass is 443 g/mol. The first-order valence-corrected chi connectivity index (χ1v) is 10.8. The zero-order chi connectivity index (χ0) is 22.1. The summed E-state index contributed by atoms with van der Waals surface area (Å²) in [6, 6.07) is 6.23. The second-order valence-electron chi connectivity index (χ2n) is 6.97. The lowest BCUT2D eigenvalue weighted by Gasteiger charge is -2.28. The van der Waals surface area contributed by atoms with Gasteiger partial charge in [0.25, 0.3) is 10.0 Å². The molecule has 0 amide bonds. The number of hydrogen-bond acceptors (Lipinski definition) is 4. The van der Waals surface area contributed by atoms with Crippen LogP contribution in [0, 0.1) is 0 Å². The van der Waals surface area contributed by atoms with Gasteiger partial charge in [-0.05, 0) is 61.6 Å². The molecule has 1 fully saturated rings. The lowest BCUT2D eigenvalue weighted by molar-refractivity contribution is -0.137. The molecule has 0 bridgehead atoms. The van der Waals surface area contributed by atoms with Gasteiger partial charge in [0.1, 0.15) is 5.75 Å². The molecule has 10 heteroatoms. The normalized spacial score (nSPS) is 14.8. The fourth-order valence-corrected chi connectivity index (χ4v) is 4.39. The van der Waals surface area contributed by atoms with Gasteiger partial charge < -0.3 is 9.84 Å². The highest BCUT2D eigenvalue weighted by Crippen LogP contribution is 2.38. The minimum atomic E-state index is -4.67. The Balaban J connectivity index is 2.04. The predicted molar refractivity (Wildman–Crippen MR) is 103 cm³/mol. The average molecular weight is 443 g/mol. The van der Waals surface area contributed by atoms with Gasteiger partial charge in [-0.15, -0.1) is 0 Å². The van der Waals surface area contributed by atoms with E-state index in [9.17, 15) is 31.5 Å². The number of carboxylic acid groups (broad SMARTS) is 1. The van der Waals surface area contributed by atoms with Gasteiger partial charge in [-0.1, -0.05) is 13.0 Å². The molecule has 6 nitrogen and oxygen atoms in total. The Morgan fingerprint density at radius 3 is 2.43 bits per heavy atom. The van der Waals surface area contributed by atoms with E-state index in [1.54, 1.807) is 6.92 Å². The summed E-state index contributed by atoms with van der Waals surface area (Å²) in [6.45, 7) is 1.68. The molecule has 1 aliphatic rings. The SMILES string of the molecule is CCc1ccc(C(=O)O)cc1S(=O)(=O)Nc1cc(C(F)(F)F)ccc1OC1CCC1. The number of carboxylic acids is 1. The zero-order valence-electron chi connectivity index (χ0n) is 16.0. The van der Waals surface area contributed by atoms with Crippen molar-refractivity contribution in [3.05, 3.63) is 53.1 Å². The number of anilines is 1. The highest BCUT2D eigenvalue weighted by molar-refractivity contribution is 7.92. The lowest BCUT2D eigenvalue weighted by Crippen LogP contribution is -2.25. The van der Waals surface area contributed by atoms with Gasteiger partial charge in [-0.2, -0.15) is 13.2 Å². The molecule has 0 aromatic heterocycles. The minimum Gasteiger partial charge on any atom is -0.488 e. The number of halogens is 3. The quantitative estimate of drug-likeness (QED) is 0.647. The number of aryl methyl sites for hydroxylation is 1. The van der Waals surface area contributed by atoms with E-state index < -0.39 is 27.7 Å². The van der Waals surface area contributed by atoms with E-state index in [2.05, 4.69) is 4.72 Å². The van der Waals surface area contributed by atoms with Gasteiger partial charge >= 0.3 is 12.1 Å². The molecule has 0 spiro atoms. The van der Waals surface area contributed by atoms with Gasteiger partial charge in [0.05, 0.1) is 27.8 Å².